The van der Waals surface area contributed by atoms with Crippen LogP contribution >= 0.6 is 0 Å². The number of rotatable bonds is 23. The van der Waals surface area contributed by atoms with Gasteiger partial charge in [-0.2, -0.15) is 0 Å². The van der Waals surface area contributed by atoms with Gasteiger partial charge in [-0.05, 0) is 32.5 Å². The van der Waals surface area contributed by atoms with Crippen LogP contribution in [-0.4, -0.2) is 37.3 Å². The Bertz CT molecular complexity index is 298. The van der Waals surface area contributed by atoms with E-state index in [0.717, 1.165) is 26.1 Å². The van der Waals surface area contributed by atoms with E-state index in [0.29, 0.717) is 0 Å². The molecule has 0 atom stereocenters. The van der Waals surface area contributed by atoms with Crippen molar-refractivity contribution in [1.82, 2.24) is 10.6 Å². The zero-order valence-corrected chi connectivity index (χ0v) is 18.2. The maximum atomic E-state index is 10.3. The Balaban J connectivity index is 2.98. The van der Waals surface area contributed by atoms with E-state index in [1.165, 1.54) is 103 Å². The number of carboxylic acids is 1. The van der Waals surface area contributed by atoms with Crippen LogP contribution in [0.1, 0.15) is 116 Å². The maximum Gasteiger partial charge on any atom is 0.317 e. The van der Waals surface area contributed by atoms with Gasteiger partial charge in [-0.25, -0.2) is 0 Å². The number of hydrogen-bond acceptors (Lipinski definition) is 3. The summed E-state index contributed by atoms with van der Waals surface area (Å²) in [6.07, 6.45) is 23.6. The molecule has 0 saturated heterocycles. The van der Waals surface area contributed by atoms with Crippen LogP contribution in [0, 0.1) is 0 Å². The summed E-state index contributed by atoms with van der Waals surface area (Å²) in [5.41, 5.74) is 0. The second kappa shape index (κ2) is 23.4. The molecule has 0 aliphatic heterocycles. The Morgan fingerprint density at radius 3 is 1.37 bits per heavy atom. The summed E-state index contributed by atoms with van der Waals surface area (Å²) in [6.45, 7) is 5.20. The van der Waals surface area contributed by atoms with Crippen molar-refractivity contribution in [2.75, 3.05) is 26.2 Å². The molecule has 0 aromatic heterocycles. The van der Waals surface area contributed by atoms with Gasteiger partial charge in [0.05, 0.1) is 6.54 Å². The van der Waals surface area contributed by atoms with E-state index in [-0.39, 0.29) is 6.54 Å². The van der Waals surface area contributed by atoms with Crippen LogP contribution in [0.2, 0.25) is 0 Å². The molecule has 0 aromatic rings. The predicted molar refractivity (Wildman–Crippen MR) is 118 cm³/mol. The highest BCUT2D eigenvalue weighted by molar-refractivity contribution is 5.68. The van der Waals surface area contributed by atoms with E-state index in [1.54, 1.807) is 0 Å². The Kier molecular flexibility index (Phi) is 22.9. The minimum Gasteiger partial charge on any atom is -0.480 e. The van der Waals surface area contributed by atoms with E-state index >= 15 is 0 Å². The first kappa shape index (κ1) is 26.4. The maximum absolute atomic E-state index is 10.3. The van der Waals surface area contributed by atoms with Gasteiger partial charge in [0.2, 0.25) is 0 Å². The van der Waals surface area contributed by atoms with E-state index in [4.69, 9.17) is 5.11 Å². The first-order chi connectivity index (χ1) is 13.3. The highest BCUT2D eigenvalue weighted by atomic mass is 16.4. The number of carbonyl (C=O) groups is 1. The minimum atomic E-state index is -0.781. The number of carboxylic acid groups (broad SMARTS) is 1. The molecule has 0 aliphatic rings. The van der Waals surface area contributed by atoms with Crippen molar-refractivity contribution in [2.45, 2.75) is 116 Å². The Labute approximate surface area is 169 Å². The molecule has 0 aliphatic carbocycles. The van der Waals surface area contributed by atoms with Gasteiger partial charge in [0, 0.05) is 0 Å². The minimum absolute atomic E-state index is 0.0686. The normalized spacial score (nSPS) is 11.1. The monoisotopic (exact) mass is 384 g/mol. The van der Waals surface area contributed by atoms with Crippen LogP contribution in [0.25, 0.3) is 0 Å². The van der Waals surface area contributed by atoms with Gasteiger partial charge in [0.25, 0.3) is 0 Å². The molecule has 27 heavy (non-hydrogen) atoms. The molecule has 0 unspecified atom stereocenters. The van der Waals surface area contributed by atoms with E-state index < -0.39 is 5.97 Å². The fraction of sp³-hybridized carbons (Fsp3) is 0.957. The molecule has 0 heterocycles. The van der Waals surface area contributed by atoms with Crippen molar-refractivity contribution in [2.24, 2.45) is 0 Å². The van der Waals surface area contributed by atoms with Crippen molar-refractivity contribution in [1.29, 1.82) is 0 Å². The number of aliphatic carboxylic acids is 1. The second-order valence-corrected chi connectivity index (χ2v) is 7.98. The van der Waals surface area contributed by atoms with Crippen molar-refractivity contribution in [3.63, 3.8) is 0 Å². The lowest BCUT2D eigenvalue weighted by molar-refractivity contribution is -0.135. The standard InChI is InChI=1S/C23H48N2O2/c1-2-3-4-5-6-7-8-9-10-11-12-13-14-15-16-17-19-24-20-18-21-25-22-23(26)27/h24-25H,2-22H2,1H3,(H,26,27). The fourth-order valence-electron chi connectivity index (χ4n) is 3.46. The molecule has 4 heteroatoms. The average Bonchev–Trinajstić information content (AvgIpc) is 2.65. The van der Waals surface area contributed by atoms with Gasteiger partial charge in [-0.1, -0.05) is 103 Å². The molecule has 0 fully saturated rings. The summed E-state index contributed by atoms with van der Waals surface area (Å²) < 4.78 is 0. The van der Waals surface area contributed by atoms with Crippen molar-refractivity contribution in [3.8, 4) is 0 Å². The van der Waals surface area contributed by atoms with Crippen LogP contribution in [0.4, 0.5) is 0 Å². The van der Waals surface area contributed by atoms with E-state index in [1.807, 2.05) is 0 Å². The van der Waals surface area contributed by atoms with Crippen LogP contribution in [0.5, 0.6) is 0 Å². The summed E-state index contributed by atoms with van der Waals surface area (Å²) in [7, 11) is 0. The average molecular weight is 385 g/mol. The molecule has 0 aromatic carbocycles. The topological polar surface area (TPSA) is 61.4 Å². The third-order valence-electron chi connectivity index (χ3n) is 5.19. The summed E-state index contributed by atoms with van der Waals surface area (Å²) in [6, 6.07) is 0. The second-order valence-electron chi connectivity index (χ2n) is 7.98. The molecular formula is C23H48N2O2. The first-order valence-corrected chi connectivity index (χ1v) is 11.9. The molecular weight excluding hydrogens is 336 g/mol. The quantitative estimate of drug-likeness (QED) is 0.192. The zero-order chi connectivity index (χ0) is 19.8. The van der Waals surface area contributed by atoms with Gasteiger partial charge >= 0.3 is 5.97 Å². The fourth-order valence-corrected chi connectivity index (χ4v) is 3.46. The summed E-state index contributed by atoms with van der Waals surface area (Å²) in [5.74, 6) is -0.781. The molecule has 4 nitrogen and oxygen atoms in total. The molecule has 0 radical (unpaired) electrons. The first-order valence-electron chi connectivity index (χ1n) is 11.9. The van der Waals surface area contributed by atoms with Crippen molar-refractivity contribution >= 4 is 5.97 Å². The molecule has 162 valence electrons. The summed E-state index contributed by atoms with van der Waals surface area (Å²) in [4.78, 5) is 10.3. The molecule has 0 rings (SSSR count). The lowest BCUT2D eigenvalue weighted by Gasteiger charge is -2.05. The summed E-state index contributed by atoms with van der Waals surface area (Å²) >= 11 is 0. The SMILES string of the molecule is CCCCCCCCCCCCCCCCCCNCCCNCC(=O)O. The van der Waals surface area contributed by atoms with Crippen LogP contribution in [-0.2, 0) is 4.79 Å². The molecule has 0 amide bonds. The lowest BCUT2D eigenvalue weighted by Crippen LogP contribution is -2.26. The van der Waals surface area contributed by atoms with Crippen LogP contribution in [0.15, 0.2) is 0 Å². The number of nitrogens with one attached hydrogen (secondary N) is 2. The Hall–Kier alpha value is -0.610. The van der Waals surface area contributed by atoms with Crippen molar-refractivity contribution in [3.05, 3.63) is 0 Å². The van der Waals surface area contributed by atoms with Crippen LogP contribution < -0.4 is 10.6 Å². The zero-order valence-electron chi connectivity index (χ0n) is 18.2. The summed E-state index contributed by atoms with van der Waals surface area (Å²) in [5, 5.41) is 14.8. The van der Waals surface area contributed by atoms with Crippen LogP contribution in [0.3, 0.4) is 0 Å². The van der Waals surface area contributed by atoms with Gasteiger partial charge < -0.3 is 15.7 Å². The van der Waals surface area contributed by atoms with E-state index in [9.17, 15) is 4.79 Å². The van der Waals surface area contributed by atoms with E-state index in [2.05, 4.69) is 17.6 Å². The predicted octanol–water partition coefficient (Wildman–Crippen LogP) is 5.90. The van der Waals surface area contributed by atoms with Gasteiger partial charge in [0.15, 0.2) is 0 Å². The highest BCUT2D eigenvalue weighted by Gasteiger charge is 1.96. The number of hydrogen-bond donors (Lipinski definition) is 3. The molecule has 0 saturated carbocycles. The molecule has 0 bridgehead atoms. The molecule has 3 N–H and O–H groups in total. The van der Waals surface area contributed by atoms with Crippen molar-refractivity contribution < 1.29 is 9.90 Å². The Morgan fingerprint density at radius 1 is 0.556 bits per heavy atom. The third kappa shape index (κ3) is 25.4. The lowest BCUT2D eigenvalue weighted by atomic mass is 10.0. The van der Waals surface area contributed by atoms with Gasteiger partial charge in [0.1, 0.15) is 0 Å². The van der Waals surface area contributed by atoms with Gasteiger partial charge in [-0.3, -0.25) is 4.79 Å². The van der Waals surface area contributed by atoms with Gasteiger partial charge in [-0.15, -0.1) is 0 Å². The smallest absolute Gasteiger partial charge is 0.317 e. The highest BCUT2D eigenvalue weighted by Crippen LogP contribution is 2.13. The molecule has 0 spiro atoms. The number of unbranched alkanes of at least 4 members (excludes halogenated alkanes) is 15. The third-order valence-corrected chi connectivity index (χ3v) is 5.19. The largest absolute Gasteiger partial charge is 0.480 e. The Morgan fingerprint density at radius 2 is 0.926 bits per heavy atom.